The Balaban J connectivity index is 1.77. The van der Waals surface area contributed by atoms with Crippen molar-refractivity contribution in [2.45, 2.75) is 62.3 Å². The maximum absolute atomic E-state index is 13.6. The minimum atomic E-state index is -3.81. The number of rotatable bonds is 6. The summed E-state index contributed by atoms with van der Waals surface area (Å²) in [6, 6.07) is 14.9. The molecule has 4 rings (SSSR count). The molecule has 1 atom stereocenters. The van der Waals surface area contributed by atoms with Gasteiger partial charge in [0.15, 0.2) is 0 Å². The van der Waals surface area contributed by atoms with Crippen molar-refractivity contribution in [3.05, 3.63) is 82.1 Å². The fourth-order valence-electron chi connectivity index (χ4n) is 4.04. The van der Waals surface area contributed by atoms with Gasteiger partial charge in [-0.3, -0.25) is 4.68 Å². The van der Waals surface area contributed by atoms with Gasteiger partial charge in [-0.2, -0.15) is 9.82 Å². The Labute approximate surface area is 195 Å². The lowest BCUT2D eigenvalue weighted by atomic mass is 9.83. The van der Waals surface area contributed by atoms with Crippen LogP contribution in [0.15, 0.2) is 59.6 Å². The van der Waals surface area contributed by atoms with Crippen molar-refractivity contribution in [2.75, 3.05) is 0 Å². The lowest BCUT2D eigenvalue weighted by molar-refractivity contribution is 0.402. The van der Waals surface area contributed by atoms with Crippen LogP contribution >= 0.6 is 11.6 Å². The van der Waals surface area contributed by atoms with E-state index in [4.69, 9.17) is 11.6 Å². The number of aryl methyl sites for hydroxylation is 1. The van der Waals surface area contributed by atoms with Gasteiger partial charge in [-0.1, -0.05) is 75.2 Å². The number of sulfonamides is 1. The van der Waals surface area contributed by atoms with Gasteiger partial charge in [0.25, 0.3) is 0 Å². The van der Waals surface area contributed by atoms with Crippen LogP contribution in [-0.4, -0.2) is 18.2 Å². The van der Waals surface area contributed by atoms with E-state index in [-0.39, 0.29) is 16.2 Å². The standard InChI is InChI=1S/C25H30ClN3O2S/c1-25(2,3)20-10-6-9-19(15-20)23(18-11-13-21(26)14-12-18)28-32(30,31)22-16-29(4)27-24(22)17-7-5-8-17/h6,9-17,23,28H,5,7-8H2,1-4H3. The Morgan fingerprint density at radius 3 is 2.38 bits per heavy atom. The summed E-state index contributed by atoms with van der Waals surface area (Å²) >= 11 is 6.11. The maximum atomic E-state index is 13.6. The highest BCUT2D eigenvalue weighted by Gasteiger charge is 2.33. The van der Waals surface area contributed by atoms with E-state index in [2.05, 4.69) is 42.7 Å². The highest BCUT2D eigenvalue weighted by Crippen LogP contribution is 2.39. The van der Waals surface area contributed by atoms with Crippen molar-refractivity contribution < 1.29 is 8.42 Å². The van der Waals surface area contributed by atoms with E-state index in [1.54, 1.807) is 30.1 Å². The fourth-order valence-corrected chi connectivity index (χ4v) is 5.65. The molecule has 0 spiro atoms. The van der Waals surface area contributed by atoms with Gasteiger partial charge >= 0.3 is 0 Å². The second-order valence-electron chi connectivity index (χ2n) is 9.66. The third-order valence-electron chi connectivity index (χ3n) is 6.17. The van der Waals surface area contributed by atoms with Crippen LogP contribution in [-0.2, 0) is 22.5 Å². The maximum Gasteiger partial charge on any atom is 0.244 e. The van der Waals surface area contributed by atoms with Crippen LogP contribution in [0.5, 0.6) is 0 Å². The Bertz CT molecular complexity index is 1210. The van der Waals surface area contributed by atoms with E-state index in [0.717, 1.165) is 36.0 Å². The smallest absolute Gasteiger partial charge is 0.244 e. The molecule has 0 amide bonds. The zero-order chi connectivity index (χ0) is 23.1. The molecule has 1 N–H and O–H groups in total. The molecule has 3 aromatic rings. The van der Waals surface area contributed by atoms with Crippen LogP contribution in [0.2, 0.25) is 5.02 Å². The van der Waals surface area contributed by atoms with Gasteiger partial charge in [-0.05, 0) is 47.1 Å². The van der Waals surface area contributed by atoms with Crippen LogP contribution in [0.3, 0.4) is 0 Å². The fraction of sp³-hybridized carbons (Fsp3) is 0.400. The first-order chi connectivity index (χ1) is 15.0. The first-order valence-corrected chi connectivity index (χ1v) is 12.8. The molecule has 0 aliphatic heterocycles. The van der Waals surface area contributed by atoms with Gasteiger partial charge in [0.05, 0.1) is 11.7 Å². The summed E-state index contributed by atoms with van der Waals surface area (Å²) in [5, 5.41) is 5.10. The predicted molar refractivity (Wildman–Crippen MR) is 129 cm³/mol. The van der Waals surface area contributed by atoms with Gasteiger partial charge in [-0.25, -0.2) is 8.42 Å². The summed E-state index contributed by atoms with van der Waals surface area (Å²) < 4.78 is 31.8. The first kappa shape index (κ1) is 23.0. The predicted octanol–water partition coefficient (Wildman–Crippen LogP) is 5.71. The first-order valence-electron chi connectivity index (χ1n) is 11.0. The van der Waals surface area contributed by atoms with Crippen molar-refractivity contribution in [3.8, 4) is 0 Å². The molecule has 1 aromatic heterocycles. The molecule has 1 unspecified atom stereocenters. The average molecular weight is 472 g/mol. The van der Waals surface area contributed by atoms with Gasteiger partial charge in [0.1, 0.15) is 4.90 Å². The second kappa shape index (κ2) is 8.65. The molecule has 7 heteroatoms. The highest BCUT2D eigenvalue weighted by atomic mass is 35.5. The summed E-state index contributed by atoms with van der Waals surface area (Å²) in [7, 11) is -2.04. The molecule has 0 saturated heterocycles. The molecular weight excluding hydrogens is 442 g/mol. The van der Waals surface area contributed by atoms with Gasteiger partial charge < -0.3 is 0 Å². The normalized spacial score (nSPS) is 16.0. The van der Waals surface area contributed by atoms with E-state index in [1.807, 2.05) is 24.3 Å². The van der Waals surface area contributed by atoms with Crippen LogP contribution in [0, 0.1) is 0 Å². The van der Waals surface area contributed by atoms with Gasteiger partial charge in [-0.15, -0.1) is 0 Å². The number of benzene rings is 2. The molecule has 0 bridgehead atoms. The van der Waals surface area contributed by atoms with Crippen molar-refractivity contribution in [2.24, 2.45) is 7.05 Å². The largest absolute Gasteiger partial charge is 0.274 e. The van der Waals surface area contributed by atoms with E-state index in [0.29, 0.717) is 10.7 Å². The monoisotopic (exact) mass is 471 g/mol. The molecule has 1 aliphatic carbocycles. The summed E-state index contributed by atoms with van der Waals surface area (Å²) in [5.74, 6) is 0.209. The van der Waals surface area contributed by atoms with E-state index < -0.39 is 16.1 Å². The molecule has 1 fully saturated rings. The van der Waals surface area contributed by atoms with Crippen molar-refractivity contribution >= 4 is 21.6 Å². The quantitative estimate of drug-likeness (QED) is 0.501. The molecular formula is C25H30ClN3O2S. The van der Waals surface area contributed by atoms with Crippen LogP contribution in [0.4, 0.5) is 0 Å². The Morgan fingerprint density at radius 1 is 1.09 bits per heavy atom. The second-order valence-corrected chi connectivity index (χ2v) is 11.8. The van der Waals surface area contributed by atoms with E-state index in [9.17, 15) is 8.42 Å². The Hall–Kier alpha value is -2.15. The molecule has 2 aromatic carbocycles. The molecule has 1 heterocycles. The number of hydrogen-bond donors (Lipinski definition) is 1. The van der Waals surface area contributed by atoms with Gasteiger partial charge in [0, 0.05) is 24.2 Å². The molecule has 5 nitrogen and oxygen atoms in total. The van der Waals surface area contributed by atoms with Crippen LogP contribution in [0.1, 0.15) is 74.4 Å². The molecule has 1 aliphatic rings. The lowest BCUT2D eigenvalue weighted by Gasteiger charge is -2.26. The topological polar surface area (TPSA) is 64.0 Å². The molecule has 32 heavy (non-hydrogen) atoms. The number of halogens is 1. The summed E-state index contributed by atoms with van der Waals surface area (Å²) in [6.45, 7) is 6.44. The van der Waals surface area contributed by atoms with Gasteiger partial charge in [0.2, 0.25) is 10.0 Å². The lowest BCUT2D eigenvalue weighted by Crippen LogP contribution is -2.30. The zero-order valence-electron chi connectivity index (χ0n) is 19.0. The third kappa shape index (κ3) is 4.77. The summed E-state index contributed by atoms with van der Waals surface area (Å²) in [5.41, 5.74) is 3.48. The number of nitrogens with one attached hydrogen (secondary N) is 1. The number of nitrogens with zero attached hydrogens (tertiary/aromatic N) is 2. The summed E-state index contributed by atoms with van der Waals surface area (Å²) in [4.78, 5) is 0.274. The highest BCUT2D eigenvalue weighted by molar-refractivity contribution is 7.89. The van der Waals surface area contributed by atoms with Crippen molar-refractivity contribution in [1.29, 1.82) is 0 Å². The molecule has 170 valence electrons. The number of hydrogen-bond acceptors (Lipinski definition) is 3. The SMILES string of the molecule is Cn1cc(S(=O)(=O)NC(c2ccc(Cl)cc2)c2cccc(C(C)(C)C)c2)c(C2CCC2)n1. The van der Waals surface area contributed by atoms with E-state index >= 15 is 0 Å². The van der Waals surface area contributed by atoms with Crippen LogP contribution in [0.25, 0.3) is 0 Å². The molecule has 0 radical (unpaired) electrons. The minimum absolute atomic E-state index is 0.0554. The Kier molecular flexibility index (Phi) is 6.23. The molecule has 1 saturated carbocycles. The Morgan fingerprint density at radius 2 is 1.78 bits per heavy atom. The zero-order valence-corrected chi connectivity index (χ0v) is 20.5. The summed E-state index contributed by atoms with van der Waals surface area (Å²) in [6.07, 6.45) is 4.68. The van der Waals surface area contributed by atoms with Crippen LogP contribution < -0.4 is 4.72 Å². The van der Waals surface area contributed by atoms with Crippen molar-refractivity contribution in [3.63, 3.8) is 0 Å². The minimum Gasteiger partial charge on any atom is -0.274 e. The average Bonchev–Trinajstić information content (AvgIpc) is 3.07. The number of aromatic nitrogens is 2. The van der Waals surface area contributed by atoms with E-state index in [1.165, 1.54) is 0 Å². The third-order valence-corrected chi connectivity index (χ3v) is 7.86. The van der Waals surface area contributed by atoms with Crippen molar-refractivity contribution in [1.82, 2.24) is 14.5 Å².